The Labute approximate surface area is 78.8 Å². The predicted octanol–water partition coefficient (Wildman–Crippen LogP) is 2.84. The summed E-state index contributed by atoms with van der Waals surface area (Å²) in [5.74, 6) is -0.572. The topological polar surface area (TPSA) is 26.3 Å². The lowest BCUT2D eigenvalue weighted by Gasteiger charge is -2.21. The Kier molecular flexibility index (Phi) is 4.67. The second kappa shape index (κ2) is 5.00. The molecule has 3 heteroatoms. The minimum atomic E-state index is -0.467. The van der Waals surface area contributed by atoms with Crippen molar-refractivity contribution in [3.05, 3.63) is 12.4 Å². The van der Waals surface area contributed by atoms with Crippen molar-refractivity contribution in [2.24, 2.45) is 5.92 Å². The molecule has 0 heterocycles. The van der Waals surface area contributed by atoms with E-state index >= 15 is 0 Å². The number of esters is 1. The predicted molar refractivity (Wildman–Crippen MR) is 49.9 cm³/mol. The number of rotatable bonds is 3. The normalized spacial score (nSPS) is 14.5. The molecule has 0 amide bonds. The van der Waals surface area contributed by atoms with Gasteiger partial charge in [0.1, 0.15) is 5.60 Å². The fourth-order valence-corrected chi connectivity index (χ4v) is 0.754. The van der Waals surface area contributed by atoms with Gasteiger partial charge in [-0.05, 0) is 27.2 Å². The van der Waals surface area contributed by atoms with Crippen molar-refractivity contribution in [2.75, 3.05) is 0 Å². The first kappa shape index (κ1) is 12.1. The number of halogens is 1. The van der Waals surface area contributed by atoms with Crippen molar-refractivity contribution < 1.29 is 13.9 Å². The summed E-state index contributed by atoms with van der Waals surface area (Å²) in [4.78, 5) is 11.3. The number of hydrogen-bond acceptors (Lipinski definition) is 2. The molecule has 0 aromatic rings. The summed E-state index contributed by atoms with van der Waals surface area (Å²) in [6, 6.07) is 0. The summed E-state index contributed by atoms with van der Waals surface area (Å²) < 4.78 is 16.7. The Balaban J connectivity index is 3.97. The fraction of sp³-hybridized carbons (Fsp3) is 0.700. The van der Waals surface area contributed by atoms with E-state index in [1.807, 2.05) is 20.8 Å². The van der Waals surface area contributed by atoms with Crippen LogP contribution in [0.2, 0.25) is 0 Å². The molecule has 0 aliphatic rings. The van der Waals surface area contributed by atoms with E-state index in [4.69, 9.17) is 4.74 Å². The molecule has 0 spiro atoms. The van der Waals surface area contributed by atoms with Crippen LogP contribution in [0.1, 0.15) is 34.1 Å². The van der Waals surface area contributed by atoms with Crippen LogP contribution in [0.5, 0.6) is 0 Å². The second-order valence-electron chi connectivity index (χ2n) is 4.03. The summed E-state index contributed by atoms with van der Waals surface area (Å²) in [6.07, 6.45) is 2.14. The molecule has 0 saturated carbocycles. The Morgan fingerprint density at radius 2 is 2.08 bits per heavy atom. The third-order valence-electron chi connectivity index (χ3n) is 1.39. The Morgan fingerprint density at radius 3 is 2.46 bits per heavy atom. The molecule has 0 N–H and O–H groups in total. The molecule has 76 valence electrons. The van der Waals surface area contributed by atoms with Crippen LogP contribution in [0.25, 0.3) is 0 Å². The van der Waals surface area contributed by atoms with Crippen molar-refractivity contribution in [3.8, 4) is 0 Å². The van der Waals surface area contributed by atoms with E-state index in [-0.39, 0.29) is 11.9 Å². The van der Waals surface area contributed by atoms with Crippen molar-refractivity contribution in [1.29, 1.82) is 0 Å². The molecule has 0 aliphatic carbocycles. The number of carbonyl (C=O) groups is 1. The lowest BCUT2D eigenvalue weighted by molar-refractivity contribution is -0.159. The van der Waals surface area contributed by atoms with Gasteiger partial charge in [-0.1, -0.05) is 13.0 Å². The third kappa shape index (κ3) is 6.31. The van der Waals surface area contributed by atoms with E-state index < -0.39 is 5.60 Å². The quantitative estimate of drug-likeness (QED) is 0.636. The molecule has 0 aliphatic heterocycles. The average molecular weight is 188 g/mol. The molecule has 0 radical (unpaired) electrons. The molecule has 2 nitrogen and oxygen atoms in total. The van der Waals surface area contributed by atoms with Gasteiger partial charge in [0.25, 0.3) is 0 Å². The van der Waals surface area contributed by atoms with Crippen LogP contribution < -0.4 is 0 Å². The average Bonchev–Trinajstić information content (AvgIpc) is 1.96. The molecule has 0 aromatic carbocycles. The van der Waals surface area contributed by atoms with Crippen LogP contribution >= 0.6 is 0 Å². The minimum absolute atomic E-state index is 0.286. The summed E-state index contributed by atoms with van der Waals surface area (Å²) in [6.45, 7) is 7.14. The lowest BCUT2D eigenvalue weighted by Crippen LogP contribution is -2.27. The van der Waals surface area contributed by atoms with Crippen molar-refractivity contribution in [3.63, 3.8) is 0 Å². The number of hydrogen-bond donors (Lipinski definition) is 0. The highest BCUT2D eigenvalue weighted by atomic mass is 19.1. The molecule has 0 aromatic heterocycles. The van der Waals surface area contributed by atoms with E-state index in [0.717, 1.165) is 0 Å². The Morgan fingerprint density at radius 1 is 1.54 bits per heavy atom. The maximum atomic E-state index is 11.6. The highest BCUT2D eigenvalue weighted by molar-refractivity contribution is 5.72. The SMILES string of the molecule is CC(CC=CF)C(=O)OC(C)(C)C. The highest BCUT2D eigenvalue weighted by Crippen LogP contribution is 2.13. The van der Waals surface area contributed by atoms with Crippen LogP contribution in [0.15, 0.2) is 12.4 Å². The summed E-state index contributed by atoms with van der Waals surface area (Å²) in [5, 5.41) is 0. The number of carbonyl (C=O) groups excluding carboxylic acids is 1. The zero-order valence-corrected chi connectivity index (χ0v) is 8.63. The second-order valence-corrected chi connectivity index (χ2v) is 4.03. The van der Waals surface area contributed by atoms with Crippen molar-refractivity contribution >= 4 is 5.97 Å². The maximum Gasteiger partial charge on any atom is 0.309 e. The number of ether oxygens (including phenoxy) is 1. The van der Waals surface area contributed by atoms with Gasteiger partial charge >= 0.3 is 5.97 Å². The van der Waals surface area contributed by atoms with Gasteiger partial charge in [-0.25, -0.2) is 4.39 Å². The van der Waals surface area contributed by atoms with E-state index in [9.17, 15) is 9.18 Å². The molecule has 0 saturated heterocycles. The smallest absolute Gasteiger partial charge is 0.309 e. The van der Waals surface area contributed by atoms with Gasteiger partial charge < -0.3 is 4.74 Å². The van der Waals surface area contributed by atoms with Gasteiger partial charge in [-0.15, -0.1) is 0 Å². The van der Waals surface area contributed by atoms with E-state index in [1.165, 1.54) is 6.08 Å². The largest absolute Gasteiger partial charge is 0.460 e. The first-order chi connectivity index (χ1) is 5.87. The van der Waals surface area contributed by atoms with Gasteiger partial charge in [-0.2, -0.15) is 0 Å². The molecular weight excluding hydrogens is 171 g/mol. The first-order valence-corrected chi connectivity index (χ1v) is 4.35. The number of allylic oxidation sites excluding steroid dienone is 1. The summed E-state index contributed by atoms with van der Waals surface area (Å²) in [5.41, 5.74) is -0.467. The first-order valence-electron chi connectivity index (χ1n) is 4.35. The van der Waals surface area contributed by atoms with E-state index in [2.05, 4.69) is 0 Å². The molecular formula is C10H17FO2. The Hall–Kier alpha value is -0.860. The zero-order chi connectivity index (χ0) is 10.5. The minimum Gasteiger partial charge on any atom is -0.460 e. The van der Waals surface area contributed by atoms with Gasteiger partial charge in [0.2, 0.25) is 0 Å². The highest BCUT2D eigenvalue weighted by Gasteiger charge is 2.20. The van der Waals surface area contributed by atoms with Crippen LogP contribution in [0, 0.1) is 5.92 Å². The van der Waals surface area contributed by atoms with Crippen molar-refractivity contribution in [1.82, 2.24) is 0 Å². The standard InChI is InChI=1S/C10H17FO2/c1-8(6-5-7-11)9(12)13-10(2,3)4/h5,7-8H,6H2,1-4H3. The van der Waals surface area contributed by atoms with Gasteiger partial charge in [0.05, 0.1) is 12.2 Å². The molecule has 1 unspecified atom stereocenters. The third-order valence-corrected chi connectivity index (χ3v) is 1.39. The zero-order valence-electron chi connectivity index (χ0n) is 8.63. The molecule has 0 bridgehead atoms. The summed E-state index contributed by atoms with van der Waals surface area (Å²) in [7, 11) is 0. The molecule has 1 atom stereocenters. The summed E-state index contributed by atoms with van der Waals surface area (Å²) >= 11 is 0. The van der Waals surface area contributed by atoms with Crippen LogP contribution in [0.3, 0.4) is 0 Å². The molecule has 0 rings (SSSR count). The van der Waals surface area contributed by atoms with Crippen LogP contribution in [0.4, 0.5) is 4.39 Å². The van der Waals surface area contributed by atoms with E-state index in [0.29, 0.717) is 12.8 Å². The lowest BCUT2D eigenvalue weighted by atomic mass is 10.1. The van der Waals surface area contributed by atoms with Crippen LogP contribution in [-0.4, -0.2) is 11.6 Å². The van der Waals surface area contributed by atoms with Gasteiger partial charge in [0, 0.05) is 0 Å². The maximum absolute atomic E-state index is 11.6. The van der Waals surface area contributed by atoms with Gasteiger partial charge in [-0.3, -0.25) is 4.79 Å². The molecule has 13 heavy (non-hydrogen) atoms. The van der Waals surface area contributed by atoms with Crippen molar-refractivity contribution in [2.45, 2.75) is 39.7 Å². The fourth-order valence-electron chi connectivity index (χ4n) is 0.754. The monoisotopic (exact) mass is 188 g/mol. The Bertz CT molecular complexity index is 192. The van der Waals surface area contributed by atoms with Gasteiger partial charge in [0.15, 0.2) is 0 Å². The van der Waals surface area contributed by atoms with E-state index in [1.54, 1.807) is 6.92 Å². The molecule has 0 fully saturated rings. The van der Waals surface area contributed by atoms with Crippen LogP contribution in [-0.2, 0) is 9.53 Å².